The number of ether oxygens (including phenoxy) is 2. The average molecular weight is 340 g/mol. The van der Waals surface area contributed by atoms with Crippen LogP contribution in [0, 0.1) is 0 Å². The van der Waals surface area contributed by atoms with Crippen molar-refractivity contribution in [3.05, 3.63) is 11.8 Å². The molecule has 0 aromatic carbocycles. The summed E-state index contributed by atoms with van der Waals surface area (Å²) in [4.78, 5) is 40.0. The number of carbonyl (C=O) groups is 3. The molecule has 7 heteroatoms. The molecule has 0 aromatic rings. The third kappa shape index (κ3) is 5.54. The van der Waals surface area contributed by atoms with Gasteiger partial charge in [-0.05, 0) is 41.5 Å². The van der Waals surface area contributed by atoms with Crippen LogP contribution >= 0.6 is 0 Å². The van der Waals surface area contributed by atoms with Crippen molar-refractivity contribution < 1.29 is 23.9 Å². The number of imide groups is 1. The van der Waals surface area contributed by atoms with Crippen LogP contribution in [-0.4, -0.2) is 59.1 Å². The van der Waals surface area contributed by atoms with Gasteiger partial charge in [0, 0.05) is 32.3 Å². The van der Waals surface area contributed by atoms with Crippen molar-refractivity contribution in [2.24, 2.45) is 0 Å². The van der Waals surface area contributed by atoms with Crippen molar-refractivity contribution >= 4 is 18.0 Å². The number of nitrogens with zero attached hydrogens (tertiary/aromatic N) is 2. The van der Waals surface area contributed by atoms with Crippen molar-refractivity contribution in [1.82, 2.24) is 9.80 Å². The topological polar surface area (TPSA) is 76.2 Å². The molecule has 0 aromatic heterocycles. The quantitative estimate of drug-likeness (QED) is 0.567. The molecule has 1 heterocycles. The van der Waals surface area contributed by atoms with Gasteiger partial charge in [-0.1, -0.05) is 0 Å². The molecule has 1 rings (SSSR count). The third-order valence-corrected chi connectivity index (χ3v) is 2.90. The van der Waals surface area contributed by atoms with Gasteiger partial charge in [-0.2, -0.15) is 0 Å². The first-order valence-corrected chi connectivity index (χ1v) is 7.88. The smallest absolute Gasteiger partial charge is 0.418 e. The van der Waals surface area contributed by atoms with Gasteiger partial charge in [0.05, 0.1) is 0 Å². The predicted octanol–water partition coefficient (Wildman–Crippen LogP) is 2.31. The summed E-state index contributed by atoms with van der Waals surface area (Å²) in [5.41, 5.74) is -1.13. The first-order chi connectivity index (χ1) is 10.7. The Hall–Kier alpha value is -2.05. The van der Waals surface area contributed by atoms with E-state index in [2.05, 4.69) is 0 Å². The van der Waals surface area contributed by atoms with Crippen LogP contribution in [0.15, 0.2) is 11.8 Å². The highest BCUT2D eigenvalue weighted by Gasteiger charge is 2.47. The van der Waals surface area contributed by atoms with E-state index in [0.29, 0.717) is 5.57 Å². The van der Waals surface area contributed by atoms with Gasteiger partial charge in [0.1, 0.15) is 17.2 Å². The van der Waals surface area contributed by atoms with Crippen molar-refractivity contribution in [3.63, 3.8) is 0 Å². The predicted molar refractivity (Wildman–Crippen MR) is 89.1 cm³/mol. The SMILES string of the molecule is CN(C)C=C1C[C@@H](C(=O)OC(C)(C)C)N(C(=O)OC(C)(C)C)C1=O. The maximum atomic E-state index is 12.6. The Morgan fingerprint density at radius 1 is 1.08 bits per heavy atom. The highest BCUT2D eigenvalue weighted by molar-refractivity contribution is 6.08. The zero-order chi connectivity index (χ0) is 18.9. The number of likely N-dealkylation sites (tertiary alicyclic amines) is 1. The van der Waals surface area contributed by atoms with Crippen LogP contribution < -0.4 is 0 Å². The van der Waals surface area contributed by atoms with E-state index < -0.39 is 35.2 Å². The van der Waals surface area contributed by atoms with Gasteiger partial charge in [0.15, 0.2) is 0 Å². The standard InChI is InChI=1S/C17H28N2O5/c1-16(2,3)23-14(21)12-9-11(10-18(7)8)13(20)19(12)15(22)24-17(4,5)6/h10,12H,9H2,1-8H3/t12-/m0/s1. The van der Waals surface area contributed by atoms with Gasteiger partial charge in [0.25, 0.3) is 5.91 Å². The Morgan fingerprint density at radius 3 is 2.00 bits per heavy atom. The molecular weight excluding hydrogens is 312 g/mol. The lowest BCUT2D eigenvalue weighted by molar-refractivity contribution is -0.161. The van der Waals surface area contributed by atoms with E-state index in [0.717, 1.165) is 4.90 Å². The molecule has 2 amide bonds. The lowest BCUT2D eigenvalue weighted by Crippen LogP contribution is -2.47. The molecule has 0 N–H and O–H groups in total. The molecule has 1 aliphatic rings. The van der Waals surface area contributed by atoms with Crippen LogP contribution in [0.1, 0.15) is 48.0 Å². The van der Waals surface area contributed by atoms with Crippen LogP contribution in [0.25, 0.3) is 0 Å². The van der Waals surface area contributed by atoms with Crippen LogP contribution in [0.4, 0.5) is 4.79 Å². The van der Waals surface area contributed by atoms with E-state index >= 15 is 0 Å². The molecule has 7 nitrogen and oxygen atoms in total. The number of hydrogen-bond acceptors (Lipinski definition) is 6. The van der Waals surface area contributed by atoms with E-state index in [1.807, 2.05) is 0 Å². The maximum Gasteiger partial charge on any atom is 0.418 e. The zero-order valence-corrected chi connectivity index (χ0v) is 15.8. The summed E-state index contributed by atoms with van der Waals surface area (Å²) in [5.74, 6) is -1.15. The molecule has 1 atom stereocenters. The van der Waals surface area contributed by atoms with Gasteiger partial charge >= 0.3 is 12.1 Å². The minimum absolute atomic E-state index is 0.102. The fourth-order valence-electron chi connectivity index (χ4n) is 2.18. The van der Waals surface area contributed by atoms with Gasteiger partial charge in [-0.25, -0.2) is 14.5 Å². The lowest BCUT2D eigenvalue weighted by Gasteiger charge is -2.28. The summed E-state index contributed by atoms with van der Waals surface area (Å²) in [6, 6.07) is -1.02. The van der Waals surface area contributed by atoms with Crippen molar-refractivity contribution in [2.75, 3.05) is 14.1 Å². The van der Waals surface area contributed by atoms with Crippen LogP contribution in [0.3, 0.4) is 0 Å². The van der Waals surface area contributed by atoms with Gasteiger partial charge < -0.3 is 14.4 Å². The number of rotatable bonds is 2. The van der Waals surface area contributed by atoms with Gasteiger partial charge in [-0.15, -0.1) is 0 Å². The third-order valence-electron chi connectivity index (χ3n) is 2.90. The highest BCUT2D eigenvalue weighted by Crippen LogP contribution is 2.28. The monoisotopic (exact) mass is 340 g/mol. The average Bonchev–Trinajstić information content (AvgIpc) is 2.61. The second-order valence-electron chi connectivity index (χ2n) is 8.03. The Bertz CT molecular complexity index is 552. The van der Waals surface area contributed by atoms with Crippen molar-refractivity contribution in [1.29, 1.82) is 0 Å². The molecule has 1 aliphatic heterocycles. The Kier molecular flexibility index (Phi) is 5.69. The normalized spacial score (nSPS) is 20.3. The second-order valence-corrected chi connectivity index (χ2v) is 8.03. The molecule has 0 radical (unpaired) electrons. The lowest BCUT2D eigenvalue weighted by atomic mass is 10.1. The molecule has 0 unspecified atom stereocenters. The Balaban J connectivity index is 3.14. The minimum atomic E-state index is -1.02. The van der Waals surface area contributed by atoms with E-state index in [4.69, 9.17) is 9.47 Å². The highest BCUT2D eigenvalue weighted by atomic mass is 16.6. The van der Waals surface area contributed by atoms with Crippen molar-refractivity contribution in [3.8, 4) is 0 Å². The van der Waals surface area contributed by atoms with E-state index in [1.165, 1.54) is 0 Å². The summed E-state index contributed by atoms with van der Waals surface area (Å²) < 4.78 is 10.6. The number of amides is 2. The fourth-order valence-corrected chi connectivity index (χ4v) is 2.18. The molecule has 0 spiro atoms. The molecule has 136 valence electrons. The molecule has 0 aliphatic carbocycles. The first-order valence-electron chi connectivity index (χ1n) is 7.88. The first kappa shape index (κ1) is 20.0. The number of hydrogen-bond donors (Lipinski definition) is 0. The molecule has 0 saturated carbocycles. The number of esters is 1. The minimum Gasteiger partial charge on any atom is -0.458 e. The van der Waals surface area contributed by atoms with E-state index in [1.54, 1.807) is 66.7 Å². The summed E-state index contributed by atoms with van der Waals surface area (Å²) in [7, 11) is 3.53. The summed E-state index contributed by atoms with van der Waals surface area (Å²) in [6.45, 7) is 10.3. The molecule has 1 fully saturated rings. The van der Waals surface area contributed by atoms with Crippen LogP contribution in [0.5, 0.6) is 0 Å². The Labute approximate surface area is 143 Å². The van der Waals surface area contributed by atoms with Gasteiger partial charge in [0.2, 0.25) is 0 Å². The molecule has 24 heavy (non-hydrogen) atoms. The fraction of sp³-hybridized carbons (Fsp3) is 0.706. The summed E-state index contributed by atoms with van der Waals surface area (Å²) in [6.07, 6.45) is 0.861. The van der Waals surface area contributed by atoms with Crippen LogP contribution in [0.2, 0.25) is 0 Å². The van der Waals surface area contributed by atoms with Gasteiger partial charge in [-0.3, -0.25) is 4.79 Å². The molecule has 1 saturated heterocycles. The largest absolute Gasteiger partial charge is 0.458 e. The zero-order valence-electron chi connectivity index (χ0n) is 15.8. The maximum absolute atomic E-state index is 12.6. The second kappa shape index (κ2) is 6.83. The summed E-state index contributed by atoms with van der Waals surface area (Å²) >= 11 is 0. The van der Waals surface area contributed by atoms with Crippen molar-refractivity contribution in [2.45, 2.75) is 65.2 Å². The number of carbonyl (C=O) groups excluding carboxylic acids is 3. The van der Waals surface area contributed by atoms with E-state index in [9.17, 15) is 14.4 Å². The summed E-state index contributed by atoms with van der Waals surface area (Å²) in [5, 5.41) is 0. The molecule has 0 bridgehead atoms. The van der Waals surface area contributed by atoms with E-state index in [-0.39, 0.29) is 6.42 Å². The Morgan fingerprint density at radius 2 is 1.58 bits per heavy atom. The van der Waals surface area contributed by atoms with Crippen LogP contribution in [-0.2, 0) is 19.1 Å². The molecular formula is C17H28N2O5.